The molecule has 0 heterocycles. The average molecular weight is 420 g/mol. The van der Waals surface area contributed by atoms with Gasteiger partial charge < -0.3 is 15.8 Å². The van der Waals surface area contributed by atoms with Gasteiger partial charge in [0.2, 0.25) is 5.91 Å². The van der Waals surface area contributed by atoms with Crippen LogP contribution in [0.3, 0.4) is 0 Å². The molecular weight excluding hydrogens is 404 g/mol. The number of methoxy groups -OCH3 is 1. The summed E-state index contributed by atoms with van der Waals surface area (Å²) < 4.78 is 6.08. The number of carbonyl (C=O) groups excluding carboxylic acids is 2. The van der Waals surface area contributed by atoms with Crippen molar-refractivity contribution in [3.8, 4) is 0 Å². The first-order valence-corrected chi connectivity index (χ1v) is 8.16. The molecule has 2 rings (SSSR count). The van der Waals surface area contributed by atoms with Gasteiger partial charge in [-0.3, -0.25) is 4.79 Å². The Morgan fingerprint density at radius 3 is 2.62 bits per heavy atom. The van der Waals surface area contributed by atoms with E-state index in [0.717, 1.165) is 19.3 Å². The van der Waals surface area contributed by atoms with E-state index in [0.29, 0.717) is 20.2 Å². The van der Waals surface area contributed by atoms with Crippen LogP contribution in [0.4, 0.5) is 5.69 Å². The van der Waals surface area contributed by atoms with Crippen molar-refractivity contribution in [3.63, 3.8) is 0 Å². The lowest BCUT2D eigenvalue weighted by Crippen LogP contribution is -2.34. The molecule has 2 unspecified atom stereocenters. The quantitative estimate of drug-likeness (QED) is 0.737. The van der Waals surface area contributed by atoms with Crippen LogP contribution >= 0.6 is 31.9 Å². The number of amides is 1. The zero-order chi connectivity index (χ0) is 15.6. The van der Waals surface area contributed by atoms with E-state index in [1.54, 1.807) is 12.1 Å². The summed E-state index contributed by atoms with van der Waals surface area (Å²) >= 11 is 6.68. The minimum absolute atomic E-state index is 0.124. The van der Waals surface area contributed by atoms with Gasteiger partial charge in [0.1, 0.15) is 0 Å². The zero-order valence-corrected chi connectivity index (χ0v) is 14.7. The smallest absolute Gasteiger partial charge is 0.340 e. The molecule has 1 saturated carbocycles. The zero-order valence-electron chi connectivity index (χ0n) is 11.5. The number of benzene rings is 1. The fourth-order valence-electron chi connectivity index (χ4n) is 2.50. The normalized spacial score (nSPS) is 21.1. The highest BCUT2D eigenvalue weighted by Crippen LogP contribution is 2.33. The summed E-state index contributed by atoms with van der Waals surface area (Å²) in [6, 6.07) is 3.25. The van der Waals surface area contributed by atoms with Gasteiger partial charge in [0.05, 0.1) is 24.3 Å². The van der Waals surface area contributed by atoms with E-state index in [2.05, 4.69) is 37.2 Å². The van der Waals surface area contributed by atoms with Crippen LogP contribution in [0.2, 0.25) is 0 Å². The highest BCUT2D eigenvalue weighted by molar-refractivity contribution is 9.11. The third kappa shape index (κ3) is 3.64. The van der Waals surface area contributed by atoms with Crippen LogP contribution in [0.5, 0.6) is 0 Å². The lowest BCUT2D eigenvalue weighted by Gasteiger charge is -2.18. The van der Waals surface area contributed by atoms with Crippen molar-refractivity contribution in [2.45, 2.75) is 25.3 Å². The van der Waals surface area contributed by atoms with E-state index in [4.69, 9.17) is 10.5 Å². The summed E-state index contributed by atoms with van der Waals surface area (Å²) in [5, 5.41) is 2.81. The second-order valence-electron chi connectivity index (χ2n) is 4.99. The van der Waals surface area contributed by atoms with E-state index < -0.39 is 5.97 Å². The SMILES string of the molecule is COC(=O)c1cc(Br)cc(Br)c1NC(=O)C1CCCC1N. The third-order valence-electron chi connectivity index (χ3n) is 3.61. The Morgan fingerprint density at radius 2 is 2.05 bits per heavy atom. The number of halogens is 2. The molecule has 3 N–H and O–H groups in total. The first-order chi connectivity index (χ1) is 9.93. The minimum Gasteiger partial charge on any atom is -0.465 e. The molecule has 1 amide bonds. The topological polar surface area (TPSA) is 81.4 Å². The summed E-state index contributed by atoms with van der Waals surface area (Å²) in [5.74, 6) is -0.887. The van der Waals surface area contributed by atoms with Crippen molar-refractivity contribution in [1.29, 1.82) is 0 Å². The van der Waals surface area contributed by atoms with Crippen LogP contribution in [0.1, 0.15) is 29.6 Å². The standard InChI is InChI=1S/C14H16Br2N2O3/c1-21-14(20)9-5-7(15)6-10(16)12(9)18-13(19)8-3-2-4-11(8)17/h5-6,8,11H,2-4,17H2,1H3,(H,18,19). The lowest BCUT2D eigenvalue weighted by molar-refractivity contribution is -0.120. The Morgan fingerprint density at radius 1 is 1.33 bits per heavy atom. The molecule has 1 aromatic rings. The van der Waals surface area contributed by atoms with Crippen molar-refractivity contribution in [3.05, 3.63) is 26.6 Å². The van der Waals surface area contributed by atoms with Gasteiger partial charge in [-0.15, -0.1) is 0 Å². The molecule has 0 aromatic heterocycles. The first-order valence-electron chi connectivity index (χ1n) is 6.58. The van der Waals surface area contributed by atoms with Gasteiger partial charge in [-0.05, 0) is 40.9 Å². The molecule has 1 aromatic carbocycles. The monoisotopic (exact) mass is 418 g/mol. The van der Waals surface area contributed by atoms with Gasteiger partial charge in [-0.1, -0.05) is 22.4 Å². The number of hydrogen-bond donors (Lipinski definition) is 2. The number of esters is 1. The van der Waals surface area contributed by atoms with E-state index in [9.17, 15) is 9.59 Å². The van der Waals surface area contributed by atoms with Crippen molar-refractivity contribution in [1.82, 2.24) is 0 Å². The summed E-state index contributed by atoms with van der Waals surface area (Å²) in [6.07, 6.45) is 2.57. The predicted molar refractivity (Wildman–Crippen MR) is 87.1 cm³/mol. The van der Waals surface area contributed by atoms with Crippen LogP contribution in [0.15, 0.2) is 21.1 Å². The molecule has 2 atom stereocenters. The number of hydrogen-bond acceptors (Lipinski definition) is 4. The number of anilines is 1. The van der Waals surface area contributed by atoms with Crippen molar-refractivity contribution >= 4 is 49.4 Å². The van der Waals surface area contributed by atoms with E-state index >= 15 is 0 Å². The summed E-state index contributed by atoms with van der Waals surface area (Å²) in [6.45, 7) is 0. The van der Waals surface area contributed by atoms with Gasteiger partial charge in [-0.2, -0.15) is 0 Å². The predicted octanol–water partition coefficient (Wildman–Crippen LogP) is 3.06. The third-order valence-corrected chi connectivity index (χ3v) is 4.70. The molecule has 1 aliphatic rings. The van der Waals surface area contributed by atoms with E-state index in [-0.39, 0.29) is 17.9 Å². The summed E-state index contributed by atoms with van der Waals surface area (Å²) in [4.78, 5) is 24.2. The Balaban J connectivity index is 2.30. The molecule has 0 aliphatic heterocycles. The molecule has 0 radical (unpaired) electrons. The van der Waals surface area contributed by atoms with Gasteiger partial charge >= 0.3 is 5.97 Å². The van der Waals surface area contributed by atoms with Crippen LogP contribution in [-0.2, 0) is 9.53 Å². The number of ether oxygens (including phenoxy) is 1. The van der Waals surface area contributed by atoms with Crippen molar-refractivity contribution in [2.24, 2.45) is 11.7 Å². The Bertz CT molecular complexity index is 578. The number of rotatable bonds is 3. The van der Waals surface area contributed by atoms with Gasteiger partial charge in [0, 0.05) is 15.0 Å². The molecule has 0 bridgehead atoms. The second kappa shape index (κ2) is 6.89. The molecule has 114 valence electrons. The fraction of sp³-hybridized carbons (Fsp3) is 0.429. The second-order valence-corrected chi connectivity index (χ2v) is 6.76. The van der Waals surface area contributed by atoms with Gasteiger partial charge in [0.25, 0.3) is 0 Å². The summed E-state index contributed by atoms with van der Waals surface area (Å²) in [5.41, 5.74) is 6.65. The lowest BCUT2D eigenvalue weighted by atomic mass is 10.0. The molecule has 5 nitrogen and oxygen atoms in total. The molecular formula is C14H16Br2N2O3. The molecule has 1 fully saturated rings. The highest BCUT2D eigenvalue weighted by atomic mass is 79.9. The molecule has 0 saturated heterocycles. The van der Waals surface area contributed by atoms with Crippen LogP contribution < -0.4 is 11.1 Å². The van der Waals surface area contributed by atoms with Crippen LogP contribution in [-0.4, -0.2) is 25.0 Å². The summed E-state index contributed by atoms with van der Waals surface area (Å²) in [7, 11) is 1.30. The van der Waals surface area contributed by atoms with Crippen LogP contribution in [0.25, 0.3) is 0 Å². The van der Waals surface area contributed by atoms with E-state index in [1.807, 2.05) is 0 Å². The Kier molecular flexibility index (Phi) is 5.40. The molecule has 7 heteroatoms. The molecule has 0 spiro atoms. The van der Waals surface area contributed by atoms with Crippen molar-refractivity contribution in [2.75, 3.05) is 12.4 Å². The number of nitrogens with one attached hydrogen (secondary N) is 1. The maximum Gasteiger partial charge on any atom is 0.340 e. The molecule has 1 aliphatic carbocycles. The maximum atomic E-state index is 12.3. The Labute approximate surface area is 139 Å². The highest BCUT2D eigenvalue weighted by Gasteiger charge is 2.31. The van der Waals surface area contributed by atoms with Crippen LogP contribution in [0, 0.1) is 5.92 Å². The fourth-order valence-corrected chi connectivity index (χ4v) is 3.83. The van der Waals surface area contributed by atoms with Gasteiger partial charge in [-0.25, -0.2) is 4.79 Å². The molecule has 21 heavy (non-hydrogen) atoms. The maximum absolute atomic E-state index is 12.3. The largest absolute Gasteiger partial charge is 0.465 e. The number of nitrogens with two attached hydrogens (primary N) is 1. The van der Waals surface area contributed by atoms with E-state index in [1.165, 1.54) is 7.11 Å². The van der Waals surface area contributed by atoms with Crippen molar-refractivity contribution < 1.29 is 14.3 Å². The first kappa shape index (κ1) is 16.5. The van der Waals surface area contributed by atoms with Gasteiger partial charge in [0.15, 0.2) is 0 Å². The number of carbonyl (C=O) groups is 2. The average Bonchev–Trinajstić information content (AvgIpc) is 2.86. The minimum atomic E-state index is -0.511. The Hall–Kier alpha value is -0.920.